The normalized spacial score (nSPS) is 24.9. The van der Waals surface area contributed by atoms with Crippen LogP contribution in [0.2, 0.25) is 0 Å². The lowest BCUT2D eigenvalue weighted by Gasteiger charge is -2.21. The highest BCUT2D eigenvalue weighted by Gasteiger charge is 2.64. The number of fused-ring (bicyclic) bond motifs is 8. The third-order valence-corrected chi connectivity index (χ3v) is 8.49. The summed E-state index contributed by atoms with van der Waals surface area (Å²) in [7, 11) is 0. The third kappa shape index (κ3) is 2.55. The van der Waals surface area contributed by atoms with E-state index in [0.29, 0.717) is 5.69 Å². The van der Waals surface area contributed by atoms with Crippen LogP contribution >= 0.6 is 11.3 Å². The second-order valence-electron chi connectivity index (χ2n) is 8.84. The minimum absolute atomic E-state index is 0.0895. The molecule has 5 heteroatoms. The molecule has 1 aromatic heterocycles. The number of carbonyl (C=O) groups is 2. The van der Waals surface area contributed by atoms with Gasteiger partial charge in [0.2, 0.25) is 11.8 Å². The monoisotopic (exact) mass is 448 g/mol. The second kappa shape index (κ2) is 6.98. The molecule has 7 rings (SSSR count). The number of benzene rings is 3. The summed E-state index contributed by atoms with van der Waals surface area (Å²) >= 11 is 1.78. The maximum Gasteiger partial charge on any atom is 0.239 e. The third-order valence-electron chi connectivity index (χ3n) is 7.17. The summed E-state index contributed by atoms with van der Waals surface area (Å²) in [6, 6.07) is 29.8. The van der Waals surface area contributed by atoms with Crippen molar-refractivity contribution in [2.45, 2.75) is 12.1 Å². The molecule has 3 aliphatic rings. The predicted octanol–water partition coefficient (Wildman–Crippen LogP) is 5.59. The van der Waals surface area contributed by atoms with Gasteiger partial charge in [-0.2, -0.15) is 0 Å². The van der Waals surface area contributed by atoms with E-state index < -0.39 is 0 Å². The van der Waals surface area contributed by atoms with Crippen LogP contribution in [0.4, 0.5) is 5.69 Å². The van der Waals surface area contributed by atoms with Gasteiger partial charge in [0.05, 0.1) is 17.5 Å². The number of para-hydroxylation sites is 1. The van der Waals surface area contributed by atoms with Crippen molar-refractivity contribution < 1.29 is 9.59 Å². The molecule has 2 amide bonds. The molecule has 160 valence electrons. The summed E-state index contributed by atoms with van der Waals surface area (Å²) in [6.45, 7) is 0. The zero-order chi connectivity index (χ0) is 22.1. The van der Waals surface area contributed by atoms with Gasteiger partial charge in [0.1, 0.15) is 0 Å². The van der Waals surface area contributed by atoms with Gasteiger partial charge in [-0.1, -0.05) is 78.9 Å². The molecule has 33 heavy (non-hydrogen) atoms. The predicted molar refractivity (Wildman–Crippen MR) is 130 cm³/mol. The molecule has 2 fully saturated rings. The molecule has 0 aliphatic carbocycles. The molecule has 4 aromatic rings. The summed E-state index contributed by atoms with van der Waals surface area (Å²) in [5.74, 6) is -0.909. The second-order valence-corrected chi connectivity index (χ2v) is 9.86. The summed E-state index contributed by atoms with van der Waals surface area (Å²) in [6.07, 6.45) is 0. The number of imide groups is 1. The van der Waals surface area contributed by atoms with Crippen molar-refractivity contribution in [3.05, 3.63) is 102 Å². The summed E-state index contributed by atoms with van der Waals surface area (Å²) in [5.41, 5.74) is 5.38. The van der Waals surface area contributed by atoms with Crippen LogP contribution in [0.5, 0.6) is 0 Å². The molecule has 4 heterocycles. The van der Waals surface area contributed by atoms with E-state index in [9.17, 15) is 9.59 Å². The SMILES string of the molecule is O=C1[C@@H]2[C@H](C(=O)N1c1ccccc1)[C@H]1N[C@@H]2c2c(-c3ccccc3)sc(-c3ccccc3)c21. The number of nitrogens with one attached hydrogen (secondary N) is 1. The first kappa shape index (κ1) is 19.0. The minimum Gasteiger partial charge on any atom is -0.301 e. The van der Waals surface area contributed by atoms with E-state index in [1.807, 2.05) is 42.5 Å². The number of hydrogen-bond donors (Lipinski definition) is 1. The van der Waals surface area contributed by atoms with E-state index in [1.54, 1.807) is 11.3 Å². The van der Waals surface area contributed by atoms with Crippen LogP contribution in [-0.4, -0.2) is 11.8 Å². The van der Waals surface area contributed by atoms with Gasteiger partial charge >= 0.3 is 0 Å². The highest BCUT2D eigenvalue weighted by molar-refractivity contribution is 7.19. The fraction of sp³-hybridized carbons (Fsp3) is 0.143. The van der Waals surface area contributed by atoms with Crippen LogP contribution in [0.1, 0.15) is 23.2 Å². The molecule has 2 saturated heterocycles. The zero-order valence-electron chi connectivity index (χ0n) is 17.6. The van der Waals surface area contributed by atoms with Gasteiger partial charge in [-0.15, -0.1) is 11.3 Å². The van der Waals surface area contributed by atoms with E-state index in [2.05, 4.69) is 53.8 Å². The number of nitrogens with zero attached hydrogens (tertiary/aromatic N) is 1. The molecule has 4 nitrogen and oxygen atoms in total. The van der Waals surface area contributed by atoms with Crippen molar-refractivity contribution in [3.8, 4) is 20.9 Å². The molecule has 0 unspecified atom stereocenters. The Morgan fingerprint density at radius 2 is 1.03 bits per heavy atom. The number of carbonyl (C=O) groups excluding carboxylic acids is 2. The molecule has 2 bridgehead atoms. The van der Waals surface area contributed by atoms with Crippen molar-refractivity contribution in [2.75, 3.05) is 4.90 Å². The Hall–Kier alpha value is -3.54. The topological polar surface area (TPSA) is 49.4 Å². The Bertz CT molecular complexity index is 1310. The quantitative estimate of drug-likeness (QED) is 0.416. The highest BCUT2D eigenvalue weighted by Crippen LogP contribution is 2.63. The van der Waals surface area contributed by atoms with Gasteiger partial charge in [-0.25, -0.2) is 4.90 Å². The molecular weight excluding hydrogens is 428 g/mol. The maximum atomic E-state index is 13.6. The van der Waals surface area contributed by atoms with Gasteiger partial charge in [0.25, 0.3) is 0 Å². The van der Waals surface area contributed by atoms with Crippen molar-refractivity contribution >= 4 is 28.8 Å². The van der Waals surface area contributed by atoms with E-state index in [0.717, 1.165) is 11.1 Å². The molecule has 1 N–H and O–H groups in total. The van der Waals surface area contributed by atoms with Crippen LogP contribution in [-0.2, 0) is 9.59 Å². The average molecular weight is 449 g/mol. The Balaban J connectivity index is 1.41. The van der Waals surface area contributed by atoms with E-state index >= 15 is 0 Å². The van der Waals surface area contributed by atoms with Crippen molar-refractivity contribution in [1.29, 1.82) is 0 Å². The molecule has 4 atom stereocenters. The summed E-state index contributed by atoms with van der Waals surface area (Å²) in [5, 5.41) is 3.67. The first-order valence-corrected chi connectivity index (χ1v) is 12.0. The zero-order valence-corrected chi connectivity index (χ0v) is 18.5. The lowest BCUT2D eigenvalue weighted by Crippen LogP contribution is -2.34. The van der Waals surface area contributed by atoms with E-state index in [-0.39, 0.29) is 35.7 Å². The number of hydrogen-bond acceptors (Lipinski definition) is 4. The Morgan fingerprint density at radius 3 is 1.48 bits per heavy atom. The van der Waals surface area contributed by atoms with Crippen LogP contribution in [0.15, 0.2) is 91.0 Å². The fourth-order valence-corrected chi connectivity index (χ4v) is 7.26. The standard InChI is InChI=1S/C28H20N2O2S/c31-27-21-22(28(32)30(27)18-14-8-3-9-15-18)24-20-19(23(21)29-24)25(16-10-4-1-5-11-16)33-26(20)17-12-6-2-7-13-17/h1-15,21-24,29H/t21-,22+,23-,24+. The number of amides is 2. The van der Waals surface area contributed by atoms with Crippen LogP contribution in [0.25, 0.3) is 20.9 Å². The van der Waals surface area contributed by atoms with Crippen molar-refractivity contribution in [1.82, 2.24) is 5.32 Å². The highest BCUT2D eigenvalue weighted by atomic mass is 32.1. The van der Waals surface area contributed by atoms with Gasteiger partial charge in [0, 0.05) is 21.8 Å². The molecule has 3 aliphatic heterocycles. The minimum atomic E-state index is -0.365. The first-order chi connectivity index (χ1) is 16.2. The Kier molecular flexibility index (Phi) is 4.01. The van der Waals surface area contributed by atoms with Crippen LogP contribution < -0.4 is 10.2 Å². The van der Waals surface area contributed by atoms with Crippen LogP contribution in [0.3, 0.4) is 0 Å². The average Bonchev–Trinajstić information content (AvgIpc) is 3.60. The van der Waals surface area contributed by atoms with Crippen LogP contribution in [0, 0.1) is 11.8 Å². The van der Waals surface area contributed by atoms with Crippen molar-refractivity contribution in [2.24, 2.45) is 11.8 Å². The lowest BCUT2D eigenvalue weighted by atomic mass is 9.76. The lowest BCUT2D eigenvalue weighted by molar-refractivity contribution is -0.123. The Labute approximate surface area is 195 Å². The number of anilines is 1. The molecule has 3 aromatic carbocycles. The van der Waals surface area contributed by atoms with E-state index in [4.69, 9.17) is 0 Å². The summed E-state index contributed by atoms with van der Waals surface area (Å²) < 4.78 is 0. The largest absolute Gasteiger partial charge is 0.301 e. The molecule has 0 spiro atoms. The van der Waals surface area contributed by atoms with E-state index in [1.165, 1.54) is 25.8 Å². The number of thiophene rings is 1. The molecular formula is C28H20N2O2S. The Morgan fingerprint density at radius 1 is 0.606 bits per heavy atom. The molecule has 0 radical (unpaired) electrons. The van der Waals surface area contributed by atoms with Gasteiger partial charge in [-0.05, 0) is 34.4 Å². The smallest absolute Gasteiger partial charge is 0.239 e. The summed E-state index contributed by atoms with van der Waals surface area (Å²) in [4.78, 5) is 31.0. The molecule has 0 saturated carbocycles. The number of rotatable bonds is 3. The first-order valence-electron chi connectivity index (χ1n) is 11.2. The van der Waals surface area contributed by atoms with Crippen molar-refractivity contribution in [3.63, 3.8) is 0 Å². The van der Waals surface area contributed by atoms with Gasteiger partial charge in [-0.3, -0.25) is 9.59 Å². The van der Waals surface area contributed by atoms with Gasteiger partial charge in [0.15, 0.2) is 0 Å². The van der Waals surface area contributed by atoms with Gasteiger partial charge < -0.3 is 5.32 Å². The maximum absolute atomic E-state index is 13.6. The fourth-order valence-electron chi connectivity index (χ4n) is 5.85.